The normalized spacial score (nSPS) is 18.3. The molecule has 1 atom stereocenters. The molecule has 2 N–H and O–H groups in total. The highest BCUT2D eigenvalue weighted by Gasteiger charge is 2.39. The third kappa shape index (κ3) is 5.97. The van der Waals surface area contributed by atoms with Gasteiger partial charge in [-0.15, -0.1) is 0 Å². The van der Waals surface area contributed by atoms with Crippen molar-refractivity contribution in [2.24, 2.45) is 5.41 Å². The summed E-state index contributed by atoms with van der Waals surface area (Å²) in [5, 5.41) is 9.22. The van der Waals surface area contributed by atoms with E-state index < -0.39 is 38.8 Å². The molecule has 0 radical (unpaired) electrons. The summed E-state index contributed by atoms with van der Waals surface area (Å²) >= 11 is 0. The molecule has 208 valence electrons. The fraction of sp³-hybridized carbons (Fsp3) is 0.385. The van der Waals surface area contributed by atoms with Gasteiger partial charge in [0.25, 0.3) is 10.0 Å². The van der Waals surface area contributed by atoms with Crippen LogP contribution in [0.5, 0.6) is 0 Å². The summed E-state index contributed by atoms with van der Waals surface area (Å²) < 4.78 is 70.3. The molecule has 0 amide bonds. The fourth-order valence-corrected chi connectivity index (χ4v) is 5.55. The molecular formula is C26H28F3N5O4S. The van der Waals surface area contributed by atoms with Gasteiger partial charge in [-0.05, 0) is 61.6 Å². The number of aromatic nitrogens is 3. The average Bonchev–Trinajstić information content (AvgIpc) is 2.88. The van der Waals surface area contributed by atoms with Crippen molar-refractivity contribution in [1.82, 2.24) is 15.0 Å². The fourth-order valence-electron chi connectivity index (χ4n) is 4.59. The number of aliphatic carboxylic acids is 1. The third-order valence-corrected chi connectivity index (χ3v) is 7.95. The first-order chi connectivity index (χ1) is 18.2. The van der Waals surface area contributed by atoms with Gasteiger partial charge in [-0.25, -0.2) is 9.97 Å². The molecule has 1 aliphatic heterocycles. The van der Waals surface area contributed by atoms with Crippen molar-refractivity contribution in [2.75, 3.05) is 22.7 Å². The van der Waals surface area contributed by atoms with Crippen molar-refractivity contribution in [3.63, 3.8) is 0 Å². The Morgan fingerprint density at radius 1 is 1.15 bits per heavy atom. The molecule has 9 nitrogen and oxygen atoms in total. The molecule has 0 saturated carbocycles. The van der Waals surface area contributed by atoms with Crippen molar-refractivity contribution >= 4 is 27.6 Å². The van der Waals surface area contributed by atoms with E-state index in [9.17, 15) is 31.5 Å². The molecule has 3 aromatic heterocycles. The van der Waals surface area contributed by atoms with Crippen LogP contribution in [-0.2, 0) is 21.0 Å². The van der Waals surface area contributed by atoms with E-state index in [0.717, 1.165) is 12.1 Å². The lowest BCUT2D eigenvalue weighted by Crippen LogP contribution is -2.46. The monoisotopic (exact) mass is 563 g/mol. The van der Waals surface area contributed by atoms with Gasteiger partial charge in [0.2, 0.25) is 0 Å². The van der Waals surface area contributed by atoms with Gasteiger partial charge in [0.15, 0.2) is 5.03 Å². The van der Waals surface area contributed by atoms with Crippen LogP contribution in [0.15, 0.2) is 53.8 Å². The zero-order valence-electron chi connectivity index (χ0n) is 21.5. The molecule has 13 heteroatoms. The minimum Gasteiger partial charge on any atom is -0.481 e. The van der Waals surface area contributed by atoms with Crippen LogP contribution < -0.4 is 9.62 Å². The topological polar surface area (TPSA) is 125 Å². The van der Waals surface area contributed by atoms with Crippen molar-refractivity contribution < 1.29 is 31.5 Å². The van der Waals surface area contributed by atoms with Crippen LogP contribution in [0.2, 0.25) is 0 Å². The second-order valence-electron chi connectivity index (χ2n) is 10.0. The maximum absolute atomic E-state index is 13.9. The summed E-state index contributed by atoms with van der Waals surface area (Å²) in [6.07, 6.45) is -0.919. The molecule has 3 aromatic rings. The highest BCUT2D eigenvalue weighted by atomic mass is 32.2. The molecule has 39 heavy (non-hydrogen) atoms. The molecule has 1 unspecified atom stereocenters. The second kappa shape index (κ2) is 10.4. The molecule has 1 fully saturated rings. The summed E-state index contributed by atoms with van der Waals surface area (Å²) in [6.45, 7) is 5.92. The largest absolute Gasteiger partial charge is 0.481 e. The van der Waals surface area contributed by atoms with Crippen LogP contribution in [0, 0.1) is 5.41 Å². The Hall–Kier alpha value is -3.74. The molecule has 1 aliphatic rings. The third-order valence-electron chi connectivity index (χ3n) is 6.69. The first-order valence-corrected chi connectivity index (χ1v) is 13.7. The standard InChI is InChI=1S/C26H28F3N5O4S/c1-16(2)17-10-12-30-14-18(17)23-19(26(27,28)29)8-9-20(31-23)33-39(37,38)22-7-4-6-21(32-22)34-13-5-11-25(3,15-34)24(35)36/h4,6-10,12,14,16H,5,11,13,15H2,1-3H3,(H,31,33)(H,35,36). The number of nitrogens with zero attached hydrogens (tertiary/aromatic N) is 4. The van der Waals surface area contributed by atoms with Crippen LogP contribution in [0.1, 0.15) is 50.7 Å². The Bertz CT molecular complexity index is 1500. The van der Waals surface area contributed by atoms with E-state index in [4.69, 9.17) is 0 Å². The molecule has 4 heterocycles. The van der Waals surface area contributed by atoms with Gasteiger partial charge in [0.05, 0.1) is 16.7 Å². The maximum Gasteiger partial charge on any atom is 0.418 e. The van der Waals surface area contributed by atoms with Crippen LogP contribution in [0.25, 0.3) is 11.3 Å². The van der Waals surface area contributed by atoms with Crippen LogP contribution in [0.4, 0.5) is 24.8 Å². The number of piperidine rings is 1. The molecule has 0 aliphatic carbocycles. The van der Waals surface area contributed by atoms with E-state index in [1.54, 1.807) is 24.0 Å². The lowest BCUT2D eigenvalue weighted by atomic mass is 9.82. The van der Waals surface area contributed by atoms with E-state index in [1.807, 2.05) is 13.8 Å². The number of carboxylic acid groups (broad SMARTS) is 1. The summed E-state index contributed by atoms with van der Waals surface area (Å²) in [5.41, 5.74) is -1.75. The minimum absolute atomic E-state index is 0.143. The number of nitrogens with one attached hydrogen (secondary N) is 1. The van der Waals surface area contributed by atoms with Gasteiger partial charge in [-0.3, -0.25) is 14.5 Å². The maximum atomic E-state index is 13.9. The number of carbonyl (C=O) groups is 1. The number of carboxylic acids is 1. The predicted molar refractivity (Wildman–Crippen MR) is 139 cm³/mol. The van der Waals surface area contributed by atoms with Crippen molar-refractivity contribution in [2.45, 2.75) is 50.7 Å². The highest BCUT2D eigenvalue weighted by Crippen LogP contribution is 2.39. The van der Waals surface area contributed by atoms with E-state index in [2.05, 4.69) is 19.7 Å². The van der Waals surface area contributed by atoms with E-state index in [0.29, 0.717) is 24.9 Å². The van der Waals surface area contributed by atoms with Gasteiger partial charge in [-0.2, -0.15) is 21.6 Å². The van der Waals surface area contributed by atoms with E-state index in [1.165, 1.54) is 24.5 Å². The lowest BCUT2D eigenvalue weighted by Gasteiger charge is -2.38. The predicted octanol–water partition coefficient (Wildman–Crippen LogP) is 5.17. The first-order valence-electron chi connectivity index (χ1n) is 12.2. The van der Waals surface area contributed by atoms with Crippen molar-refractivity contribution in [3.8, 4) is 11.3 Å². The molecule has 0 bridgehead atoms. The molecule has 4 rings (SSSR count). The lowest BCUT2D eigenvalue weighted by molar-refractivity contribution is -0.148. The number of halogens is 3. The molecule has 1 saturated heterocycles. The van der Waals surface area contributed by atoms with Gasteiger partial charge in [-0.1, -0.05) is 19.9 Å². The first kappa shape index (κ1) is 28.3. The Labute approximate surface area is 224 Å². The zero-order chi connectivity index (χ0) is 28.6. The zero-order valence-corrected chi connectivity index (χ0v) is 22.3. The number of alkyl halides is 3. The average molecular weight is 564 g/mol. The van der Waals surface area contributed by atoms with Gasteiger partial charge < -0.3 is 10.0 Å². The molecule has 0 spiro atoms. The number of sulfonamides is 1. The molecule has 0 aromatic carbocycles. The van der Waals surface area contributed by atoms with Crippen LogP contribution >= 0.6 is 0 Å². The molecular weight excluding hydrogens is 535 g/mol. The number of pyridine rings is 3. The Balaban J connectivity index is 1.69. The summed E-state index contributed by atoms with van der Waals surface area (Å²) in [5.74, 6) is -1.13. The van der Waals surface area contributed by atoms with Gasteiger partial charge >= 0.3 is 12.1 Å². The smallest absolute Gasteiger partial charge is 0.418 e. The van der Waals surface area contributed by atoms with Crippen molar-refractivity contribution in [3.05, 3.63) is 59.9 Å². The highest BCUT2D eigenvalue weighted by molar-refractivity contribution is 7.92. The SMILES string of the molecule is CC(C)c1ccncc1-c1nc(NS(=O)(=O)c2cccc(N3CCCC(C)(C(=O)O)C3)n2)ccc1C(F)(F)F. The van der Waals surface area contributed by atoms with Crippen LogP contribution in [0.3, 0.4) is 0 Å². The van der Waals surface area contributed by atoms with E-state index in [-0.39, 0.29) is 34.7 Å². The Morgan fingerprint density at radius 3 is 2.56 bits per heavy atom. The summed E-state index contributed by atoms with van der Waals surface area (Å²) in [4.78, 5) is 25.7. The van der Waals surface area contributed by atoms with E-state index >= 15 is 0 Å². The number of anilines is 2. The van der Waals surface area contributed by atoms with Crippen LogP contribution in [-0.4, -0.2) is 47.5 Å². The second-order valence-corrected chi connectivity index (χ2v) is 11.7. The van der Waals surface area contributed by atoms with Crippen molar-refractivity contribution in [1.29, 1.82) is 0 Å². The quantitative estimate of drug-likeness (QED) is 0.403. The number of rotatable bonds is 7. The van der Waals surface area contributed by atoms with Gasteiger partial charge in [0, 0.05) is 31.0 Å². The number of hydrogen-bond donors (Lipinski definition) is 2. The van der Waals surface area contributed by atoms with Gasteiger partial charge in [0.1, 0.15) is 11.6 Å². The Kier molecular flexibility index (Phi) is 7.57. The minimum atomic E-state index is -4.74. The summed E-state index contributed by atoms with van der Waals surface area (Å²) in [7, 11) is -4.36. The number of hydrogen-bond acceptors (Lipinski definition) is 7. The summed E-state index contributed by atoms with van der Waals surface area (Å²) in [6, 6.07) is 7.62. The Morgan fingerprint density at radius 2 is 1.90 bits per heavy atom.